The highest BCUT2D eigenvalue weighted by Crippen LogP contribution is 2.55. The summed E-state index contributed by atoms with van der Waals surface area (Å²) in [6.07, 6.45) is 7.56. The van der Waals surface area contributed by atoms with E-state index >= 15 is 0 Å². The first-order chi connectivity index (χ1) is 6.85. The fraction of sp³-hybridized carbons (Fsp3) is 1.00. The van der Waals surface area contributed by atoms with Gasteiger partial charge in [-0.15, -0.1) is 0 Å². The fourth-order valence-corrected chi connectivity index (χ4v) is 7.45. The second kappa shape index (κ2) is 4.89. The summed E-state index contributed by atoms with van der Waals surface area (Å²) in [5.74, 6) is 6.41. The lowest BCUT2D eigenvalue weighted by Gasteiger charge is -2.48. The van der Waals surface area contributed by atoms with Crippen LogP contribution in [0.2, 0.25) is 0 Å². The standard InChI is InChI=1S/C12H25NS/c1-2-13-12-6-10-14(11-7-12)8-4-3-5-9-14/h12-13H,2-11H2,1H3. The minimum absolute atomic E-state index is 0.0901. The molecule has 0 aromatic heterocycles. The minimum atomic E-state index is -0.0901. The maximum absolute atomic E-state index is 3.62. The molecule has 2 rings (SSSR count). The van der Waals surface area contributed by atoms with E-state index in [1.807, 2.05) is 0 Å². The van der Waals surface area contributed by atoms with Crippen LogP contribution in [0.3, 0.4) is 0 Å². The van der Waals surface area contributed by atoms with Crippen LogP contribution < -0.4 is 5.32 Å². The third-order valence-corrected chi connectivity index (χ3v) is 8.46. The summed E-state index contributed by atoms with van der Waals surface area (Å²) >= 11 is 0. The first kappa shape index (κ1) is 10.8. The quantitative estimate of drug-likeness (QED) is 0.747. The first-order valence-corrected chi connectivity index (χ1v) is 8.63. The van der Waals surface area contributed by atoms with Crippen molar-refractivity contribution in [3.8, 4) is 0 Å². The summed E-state index contributed by atoms with van der Waals surface area (Å²) in [6.45, 7) is 3.39. The highest BCUT2D eigenvalue weighted by atomic mass is 32.3. The Bertz CT molecular complexity index is 165. The monoisotopic (exact) mass is 215 g/mol. The summed E-state index contributed by atoms with van der Waals surface area (Å²) in [7, 11) is -0.0901. The van der Waals surface area contributed by atoms with Crippen molar-refractivity contribution in [3.05, 3.63) is 0 Å². The molecule has 84 valence electrons. The van der Waals surface area contributed by atoms with E-state index in [-0.39, 0.29) is 10.0 Å². The Morgan fingerprint density at radius 3 is 2.21 bits per heavy atom. The summed E-state index contributed by atoms with van der Waals surface area (Å²) in [5, 5.41) is 3.62. The van der Waals surface area contributed by atoms with E-state index in [0.717, 1.165) is 12.6 Å². The molecule has 2 heteroatoms. The predicted molar refractivity (Wildman–Crippen MR) is 67.6 cm³/mol. The SMILES string of the molecule is CCNC1CCS2(CCCCC2)CC1. The van der Waals surface area contributed by atoms with Gasteiger partial charge in [0.25, 0.3) is 0 Å². The Kier molecular flexibility index (Phi) is 3.78. The largest absolute Gasteiger partial charge is 0.314 e. The van der Waals surface area contributed by atoms with Gasteiger partial charge in [-0.1, -0.05) is 13.3 Å². The van der Waals surface area contributed by atoms with Gasteiger partial charge in [0.1, 0.15) is 0 Å². The highest BCUT2D eigenvalue weighted by molar-refractivity contribution is 8.33. The Labute approximate surface area is 90.4 Å². The van der Waals surface area contributed by atoms with Crippen LogP contribution in [0.1, 0.15) is 39.0 Å². The summed E-state index contributed by atoms with van der Waals surface area (Å²) in [5.41, 5.74) is 0. The second-order valence-corrected chi connectivity index (χ2v) is 9.02. The van der Waals surface area contributed by atoms with Crippen LogP contribution >= 0.6 is 10.0 Å². The van der Waals surface area contributed by atoms with Crippen LogP contribution in [-0.4, -0.2) is 35.6 Å². The minimum Gasteiger partial charge on any atom is -0.314 e. The summed E-state index contributed by atoms with van der Waals surface area (Å²) in [6, 6.07) is 0.861. The third-order valence-electron chi connectivity index (χ3n) is 3.95. The third kappa shape index (κ3) is 2.46. The van der Waals surface area contributed by atoms with Crippen LogP contribution in [0.15, 0.2) is 0 Å². The van der Waals surface area contributed by atoms with E-state index < -0.39 is 0 Å². The molecule has 1 nitrogen and oxygen atoms in total. The smallest absolute Gasteiger partial charge is 0.00815 e. The van der Waals surface area contributed by atoms with Gasteiger partial charge in [-0.2, -0.15) is 0 Å². The van der Waals surface area contributed by atoms with Crippen molar-refractivity contribution in [3.63, 3.8) is 0 Å². The van der Waals surface area contributed by atoms with E-state index in [1.165, 1.54) is 19.3 Å². The Morgan fingerprint density at radius 2 is 1.64 bits per heavy atom. The molecule has 2 heterocycles. The molecule has 1 spiro atoms. The molecular weight excluding hydrogens is 190 g/mol. The number of rotatable bonds is 2. The molecule has 2 aliphatic heterocycles. The lowest BCUT2D eigenvalue weighted by Crippen LogP contribution is -2.38. The Morgan fingerprint density at radius 1 is 1.00 bits per heavy atom. The molecule has 0 unspecified atom stereocenters. The number of hydrogen-bond donors (Lipinski definition) is 1. The zero-order valence-electron chi connectivity index (χ0n) is 9.56. The van der Waals surface area contributed by atoms with Gasteiger partial charge in [-0.25, -0.2) is 10.0 Å². The van der Waals surface area contributed by atoms with E-state index in [1.54, 1.807) is 35.9 Å². The summed E-state index contributed by atoms with van der Waals surface area (Å²) in [4.78, 5) is 0. The first-order valence-electron chi connectivity index (χ1n) is 6.32. The molecule has 0 amide bonds. The van der Waals surface area contributed by atoms with E-state index in [2.05, 4.69) is 12.2 Å². The molecule has 0 aliphatic carbocycles. The molecule has 0 radical (unpaired) electrons. The van der Waals surface area contributed by atoms with Crippen molar-refractivity contribution in [1.82, 2.24) is 5.32 Å². The van der Waals surface area contributed by atoms with Gasteiger partial charge in [0.2, 0.25) is 0 Å². The Hall–Kier alpha value is 0.310. The number of hydrogen-bond acceptors (Lipinski definition) is 1. The van der Waals surface area contributed by atoms with E-state index in [4.69, 9.17) is 0 Å². The molecule has 0 bridgehead atoms. The van der Waals surface area contributed by atoms with Crippen LogP contribution in [0.5, 0.6) is 0 Å². The van der Waals surface area contributed by atoms with Crippen LogP contribution in [-0.2, 0) is 0 Å². The van der Waals surface area contributed by atoms with Gasteiger partial charge in [-0.3, -0.25) is 0 Å². The molecule has 2 aliphatic rings. The van der Waals surface area contributed by atoms with Gasteiger partial charge in [0.15, 0.2) is 0 Å². The van der Waals surface area contributed by atoms with Gasteiger partial charge < -0.3 is 5.32 Å². The molecule has 1 N–H and O–H groups in total. The highest BCUT2D eigenvalue weighted by Gasteiger charge is 2.31. The van der Waals surface area contributed by atoms with Gasteiger partial charge in [-0.05, 0) is 55.2 Å². The molecule has 0 atom stereocenters. The topological polar surface area (TPSA) is 12.0 Å². The van der Waals surface area contributed by atoms with Gasteiger partial charge >= 0.3 is 0 Å². The molecular formula is C12H25NS. The van der Waals surface area contributed by atoms with E-state index in [0.29, 0.717) is 0 Å². The lowest BCUT2D eigenvalue weighted by molar-refractivity contribution is 0.491. The molecule has 0 saturated carbocycles. The molecule has 2 saturated heterocycles. The van der Waals surface area contributed by atoms with Crippen molar-refractivity contribution in [2.24, 2.45) is 0 Å². The predicted octanol–water partition coefficient (Wildman–Crippen LogP) is 2.75. The maximum atomic E-state index is 3.62. The van der Waals surface area contributed by atoms with Crippen molar-refractivity contribution in [2.45, 2.75) is 45.1 Å². The van der Waals surface area contributed by atoms with Crippen LogP contribution in [0, 0.1) is 0 Å². The van der Waals surface area contributed by atoms with Crippen molar-refractivity contribution in [1.29, 1.82) is 0 Å². The number of nitrogens with one attached hydrogen (secondary N) is 1. The van der Waals surface area contributed by atoms with Crippen molar-refractivity contribution in [2.75, 3.05) is 29.6 Å². The van der Waals surface area contributed by atoms with E-state index in [9.17, 15) is 0 Å². The van der Waals surface area contributed by atoms with Crippen molar-refractivity contribution < 1.29 is 0 Å². The average molecular weight is 215 g/mol. The average Bonchev–Trinajstić information content (AvgIpc) is 2.24. The lowest BCUT2D eigenvalue weighted by atomic mass is 10.1. The fourth-order valence-electron chi connectivity index (χ4n) is 3.03. The Balaban J connectivity index is 1.81. The normalized spacial score (nSPS) is 30.4. The van der Waals surface area contributed by atoms with Gasteiger partial charge in [0.05, 0.1) is 0 Å². The molecule has 14 heavy (non-hydrogen) atoms. The molecule has 0 aromatic rings. The maximum Gasteiger partial charge on any atom is 0.00815 e. The van der Waals surface area contributed by atoms with Gasteiger partial charge in [0, 0.05) is 6.04 Å². The zero-order chi connectivity index (χ0) is 9.86. The molecule has 2 fully saturated rings. The van der Waals surface area contributed by atoms with Crippen LogP contribution in [0.4, 0.5) is 0 Å². The van der Waals surface area contributed by atoms with Crippen molar-refractivity contribution >= 4 is 10.0 Å². The van der Waals surface area contributed by atoms with Crippen LogP contribution in [0.25, 0.3) is 0 Å². The summed E-state index contributed by atoms with van der Waals surface area (Å²) < 4.78 is 0. The zero-order valence-corrected chi connectivity index (χ0v) is 10.4. The molecule has 0 aromatic carbocycles. The second-order valence-electron chi connectivity index (χ2n) is 4.93.